The number of carbonyl (C=O) groups is 8. The number of amides is 6. The number of nitrogens with one attached hydrogen (secondary N) is 8. The van der Waals surface area contributed by atoms with Gasteiger partial charge in [0.25, 0.3) is 35.4 Å². The molecular weight excluding hydrogens is 1040 g/mol. The van der Waals surface area contributed by atoms with Crippen LogP contribution in [0, 0.1) is 0 Å². The number of carboxylic acids is 1. The molecule has 0 radical (unpaired) electrons. The Labute approximate surface area is 445 Å². The van der Waals surface area contributed by atoms with Gasteiger partial charge in [0.2, 0.25) is 0 Å². The average molecular weight is 1090 g/mol. The molecule has 20 nitrogen and oxygen atoms in total. The molecule has 9 N–H and O–H groups in total. The van der Waals surface area contributed by atoms with Crippen LogP contribution >= 0.6 is 45.3 Å². The lowest BCUT2D eigenvalue weighted by molar-refractivity contribution is -0.142. The number of esters is 1. The second-order valence-corrected chi connectivity index (χ2v) is 21.2. The number of aromatic nitrogens is 4. The number of hydrogen-bond acceptors (Lipinski definition) is 15. The smallest absolute Gasteiger partial charge is 0.330 e. The molecule has 2 aromatic carbocycles. The highest BCUT2D eigenvalue weighted by Gasteiger charge is 2.29. The Bertz CT molecular complexity index is 3340. The molecule has 0 bridgehead atoms. The normalized spacial score (nSPS) is 11.8. The molecule has 75 heavy (non-hydrogen) atoms. The third-order valence-corrected chi connectivity index (χ3v) is 15.5. The summed E-state index contributed by atoms with van der Waals surface area (Å²) in [6.45, 7) is 7.74. The largest absolute Gasteiger partial charge is 0.480 e. The van der Waals surface area contributed by atoms with Gasteiger partial charge in [0.05, 0.1) is 59.8 Å². The van der Waals surface area contributed by atoms with E-state index in [0.717, 1.165) is 55.6 Å². The van der Waals surface area contributed by atoms with Crippen molar-refractivity contribution in [3.05, 3.63) is 147 Å². The van der Waals surface area contributed by atoms with Crippen LogP contribution in [-0.2, 0) is 27.4 Å². The standard InChI is InChI=1S/C26H27N5O5S2.C25H25N5O5S2/c1-14(2)16-10-21(24(33)27-11-15-6-4-7-18-17(15)12-29-31-18)38-22(16)25(34)30-19(26(35)36-3)13-28-23(32)20-8-5-9-37-20;1-13(2)15-9-20(23(32)26-10-14-5-3-6-17-16(14)11-28-30-17)37-21(15)24(33)29-18(25(34)35)12-27-22(31)19-7-4-8-36-19/h4-10,12,14,19H,11,13H2,1-3H3,(H,27,33)(H,28,32)(H,29,31)(H,30,34);3-9,11,13,18H,10,12H2,1-2H3,(H,26,32)(H,27,31)(H,28,30)(H,29,33)(H,34,35)/t19-;18-/m00/s1. The Hall–Kier alpha value is -8.06. The van der Waals surface area contributed by atoms with Crippen molar-refractivity contribution < 1.29 is 48.2 Å². The molecule has 390 valence electrons. The van der Waals surface area contributed by atoms with Crippen molar-refractivity contribution >= 4 is 115 Å². The highest BCUT2D eigenvalue weighted by atomic mass is 32.1. The maximum atomic E-state index is 13.2. The van der Waals surface area contributed by atoms with Crippen LogP contribution in [0.25, 0.3) is 21.8 Å². The number of aromatic amines is 2. The van der Waals surface area contributed by atoms with Crippen molar-refractivity contribution in [3.8, 4) is 0 Å². The fourth-order valence-corrected chi connectivity index (χ4v) is 11.1. The van der Waals surface area contributed by atoms with Crippen LogP contribution in [0.15, 0.2) is 96.0 Å². The van der Waals surface area contributed by atoms with E-state index in [2.05, 4.69) is 52.3 Å². The Morgan fingerprint density at radius 3 is 1.39 bits per heavy atom. The molecule has 0 unspecified atom stereocenters. The summed E-state index contributed by atoms with van der Waals surface area (Å²) in [6, 6.07) is 19.0. The minimum Gasteiger partial charge on any atom is -0.480 e. The summed E-state index contributed by atoms with van der Waals surface area (Å²) in [5, 5.41) is 44.9. The third kappa shape index (κ3) is 13.8. The SMILES string of the molecule is CC(C)c1cc(C(=O)NCc2cccc3[nH]ncc23)sc1C(=O)N[C@@H](CNC(=O)c1cccs1)C(=O)O.COC(=O)[C@H](CNC(=O)c1cccs1)NC(=O)c1sc(C(=O)NCc2cccc3[nH]ncc23)cc1C(C)C. The number of benzene rings is 2. The van der Waals surface area contributed by atoms with Crippen LogP contribution in [0.3, 0.4) is 0 Å². The van der Waals surface area contributed by atoms with Gasteiger partial charge in [-0.15, -0.1) is 45.3 Å². The van der Waals surface area contributed by atoms with Gasteiger partial charge in [0.15, 0.2) is 0 Å². The molecule has 6 heterocycles. The van der Waals surface area contributed by atoms with E-state index in [1.165, 1.54) is 29.8 Å². The molecule has 2 atom stereocenters. The van der Waals surface area contributed by atoms with Gasteiger partial charge in [-0.3, -0.25) is 39.0 Å². The number of carbonyl (C=O) groups excluding carboxylic acids is 7. The summed E-state index contributed by atoms with van der Waals surface area (Å²) >= 11 is 4.54. The Morgan fingerprint density at radius 2 is 0.987 bits per heavy atom. The van der Waals surface area contributed by atoms with Gasteiger partial charge >= 0.3 is 11.9 Å². The van der Waals surface area contributed by atoms with E-state index >= 15 is 0 Å². The lowest BCUT2D eigenvalue weighted by atomic mass is 10.0. The molecule has 0 fully saturated rings. The number of fused-ring (bicyclic) bond motifs is 2. The van der Waals surface area contributed by atoms with Crippen molar-refractivity contribution in [2.45, 2.75) is 64.7 Å². The summed E-state index contributed by atoms with van der Waals surface area (Å²) in [5.74, 6) is -4.69. The van der Waals surface area contributed by atoms with E-state index in [0.29, 0.717) is 42.1 Å². The molecule has 0 saturated heterocycles. The number of thiophene rings is 4. The monoisotopic (exact) mass is 1090 g/mol. The van der Waals surface area contributed by atoms with Gasteiger partial charge in [0.1, 0.15) is 12.1 Å². The molecule has 6 aromatic heterocycles. The molecule has 0 spiro atoms. The van der Waals surface area contributed by atoms with Crippen molar-refractivity contribution in [2.24, 2.45) is 0 Å². The fraction of sp³-hybridized carbons (Fsp3) is 0.255. The molecule has 8 aromatic rings. The van der Waals surface area contributed by atoms with Crippen molar-refractivity contribution in [1.29, 1.82) is 0 Å². The Kier molecular flexibility index (Phi) is 18.4. The molecule has 0 aliphatic rings. The zero-order chi connectivity index (χ0) is 53.8. The lowest BCUT2D eigenvalue weighted by Gasteiger charge is -2.17. The van der Waals surface area contributed by atoms with E-state index in [4.69, 9.17) is 4.74 Å². The van der Waals surface area contributed by atoms with Crippen LogP contribution in [-0.4, -0.2) is 105 Å². The number of nitrogens with zero attached hydrogens (tertiary/aromatic N) is 2. The Morgan fingerprint density at radius 1 is 0.560 bits per heavy atom. The van der Waals surface area contributed by atoms with E-state index in [1.54, 1.807) is 59.6 Å². The van der Waals surface area contributed by atoms with E-state index < -0.39 is 41.7 Å². The zero-order valence-electron chi connectivity index (χ0n) is 41.0. The summed E-state index contributed by atoms with van der Waals surface area (Å²) in [5.41, 5.74) is 4.86. The van der Waals surface area contributed by atoms with Crippen LogP contribution in [0.1, 0.15) is 120 Å². The van der Waals surface area contributed by atoms with Gasteiger partial charge in [-0.2, -0.15) is 10.2 Å². The molecule has 24 heteroatoms. The molecule has 0 saturated carbocycles. The number of carboxylic acid groups (broad SMARTS) is 1. The first-order valence-electron chi connectivity index (χ1n) is 23.2. The van der Waals surface area contributed by atoms with Crippen LogP contribution in [0.2, 0.25) is 0 Å². The minimum atomic E-state index is -1.34. The number of rotatable bonds is 20. The Balaban J connectivity index is 0.000000219. The van der Waals surface area contributed by atoms with Gasteiger partial charge in [-0.05, 0) is 81.2 Å². The van der Waals surface area contributed by atoms with Gasteiger partial charge in [-0.25, -0.2) is 9.59 Å². The van der Waals surface area contributed by atoms with E-state index in [-0.39, 0.29) is 54.1 Å². The predicted octanol–water partition coefficient (Wildman–Crippen LogP) is 6.79. The minimum absolute atomic E-state index is 0.0525. The van der Waals surface area contributed by atoms with E-state index in [9.17, 15) is 43.5 Å². The number of hydrogen-bond donors (Lipinski definition) is 9. The lowest BCUT2D eigenvalue weighted by Crippen LogP contribution is -2.48. The van der Waals surface area contributed by atoms with Gasteiger partial charge in [0, 0.05) is 37.0 Å². The number of methoxy groups -OCH3 is 1. The molecule has 6 amide bonds. The third-order valence-electron chi connectivity index (χ3n) is 11.5. The van der Waals surface area contributed by atoms with Crippen molar-refractivity contribution in [1.82, 2.24) is 52.3 Å². The van der Waals surface area contributed by atoms with Gasteiger partial charge in [-0.1, -0.05) is 64.1 Å². The summed E-state index contributed by atoms with van der Waals surface area (Å²) in [7, 11) is 1.21. The van der Waals surface area contributed by atoms with Gasteiger partial charge < -0.3 is 41.7 Å². The van der Waals surface area contributed by atoms with Crippen molar-refractivity contribution in [2.75, 3.05) is 20.2 Å². The first kappa shape index (κ1) is 54.7. The van der Waals surface area contributed by atoms with E-state index in [1.807, 2.05) is 64.1 Å². The second kappa shape index (κ2) is 25.3. The maximum absolute atomic E-state index is 13.2. The van der Waals surface area contributed by atoms with Crippen molar-refractivity contribution in [3.63, 3.8) is 0 Å². The molecular formula is C51H52N10O10S4. The fourth-order valence-electron chi connectivity index (χ4n) is 7.50. The molecule has 0 aliphatic carbocycles. The zero-order valence-corrected chi connectivity index (χ0v) is 44.3. The summed E-state index contributed by atoms with van der Waals surface area (Å²) < 4.78 is 4.82. The first-order valence-corrected chi connectivity index (χ1v) is 26.6. The quantitative estimate of drug-likeness (QED) is 0.0357. The van der Waals surface area contributed by atoms with Crippen LogP contribution in [0.4, 0.5) is 0 Å². The van der Waals surface area contributed by atoms with Crippen LogP contribution in [0.5, 0.6) is 0 Å². The topological polar surface area (TPSA) is 296 Å². The predicted molar refractivity (Wildman–Crippen MR) is 287 cm³/mol. The summed E-state index contributed by atoms with van der Waals surface area (Å²) in [6.07, 6.45) is 3.41. The van der Waals surface area contributed by atoms with Crippen LogP contribution < -0.4 is 31.9 Å². The molecule has 8 rings (SSSR count). The summed E-state index contributed by atoms with van der Waals surface area (Å²) in [4.78, 5) is 103. The number of H-pyrrole nitrogens is 2. The number of aliphatic carboxylic acids is 1. The highest BCUT2D eigenvalue weighted by Crippen LogP contribution is 2.31. The second-order valence-electron chi connectivity index (χ2n) is 17.2. The first-order chi connectivity index (χ1) is 36.0. The highest BCUT2D eigenvalue weighted by molar-refractivity contribution is 7.16. The molecule has 0 aliphatic heterocycles. The maximum Gasteiger partial charge on any atom is 0.330 e. The number of ether oxygens (including phenoxy) is 1. The average Bonchev–Trinajstić information content (AvgIpc) is 4.26.